The minimum atomic E-state index is -0.215. The lowest BCUT2D eigenvalue weighted by molar-refractivity contribution is -0.123. The van der Waals surface area contributed by atoms with Crippen molar-refractivity contribution >= 4 is 29.4 Å². The molecule has 4 heteroatoms. The van der Waals surface area contributed by atoms with Gasteiger partial charge in [0.15, 0.2) is 0 Å². The molecule has 1 aromatic rings. The van der Waals surface area contributed by atoms with Crippen LogP contribution in [-0.4, -0.2) is 35.0 Å². The highest BCUT2D eigenvalue weighted by Gasteiger charge is 2.51. The Hall–Kier alpha value is -0.610. The largest absolute Gasteiger partial charge is 0.354 e. The fourth-order valence-electron chi connectivity index (χ4n) is 2.56. The SMILES string of the molecule is O=C(NC[C@H]1CSCCS1)C1(c2ccccc2)CC1. The molecule has 1 heterocycles. The molecule has 2 nitrogen and oxygen atoms in total. The Labute approximate surface area is 123 Å². The standard InChI is InChI=1S/C15H19NOS2/c17-14(16-10-13-11-18-8-9-19-13)15(6-7-15)12-4-2-1-3-5-12/h1-5,13H,6-11H2,(H,16,17)/t13-/m0/s1. The molecule has 0 bridgehead atoms. The van der Waals surface area contributed by atoms with Gasteiger partial charge in [-0.25, -0.2) is 0 Å². The number of hydrogen-bond acceptors (Lipinski definition) is 3. The molecule has 0 aromatic heterocycles. The lowest BCUT2D eigenvalue weighted by Gasteiger charge is -2.23. The maximum atomic E-state index is 12.4. The molecule has 2 fully saturated rings. The van der Waals surface area contributed by atoms with Crippen molar-refractivity contribution in [2.75, 3.05) is 23.8 Å². The monoisotopic (exact) mass is 293 g/mol. The molecule has 1 aromatic carbocycles. The van der Waals surface area contributed by atoms with Crippen molar-refractivity contribution in [1.29, 1.82) is 0 Å². The Balaban J connectivity index is 1.58. The average molecular weight is 293 g/mol. The van der Waals surface area contributed by atoms with E-state index in [9.17, 15) is 4.79 Å². The third kappa shape index (κ3) is 2.95. The van der Waals surface area contributed by atoms with Crippen molar-refractivity contribution in [2.24, 2.45) is 0 Å². The molecule has 1 saturated carbocycles. The van der Waals surface area contributed by atoms with Crippen LogP contribution in [0.25, 0.3) is 0 Å². The Bertz CT molecular complexity index is 439. The minimum absolute atomic E-state index is 0.215. The van der Waals surface area contributed by atoms with Crippen molar-refractivity contribution < 1.29 is 4.79 Å². The van der Waals surface area contributed by atoms with Crippen molar-refractivity contribution in [1.82, 2.24) is 5.32 Å². The quantitative estimate of drug-likeness (QED) is 0.925. The smallest absolute Gasteiger partial charge is 0.230 e. The molecule has 1 aliphatic carbocycles. The van der Waals surface area contributed by atoms with Crippen LogP contribution >= 0.6 is 23.5 Å². The Kier molecular flexibility index (Phi) is 4.08. The first kappa shape index (κ1) is 13.4. The van der Waals surface area contributed by atoms with Gasteiger partial charge in [0, 0.05) is 29.1 Å². The van der Waals surface area contributed by atoms with Crippen LogP contribution in [0, 0.1) is 0 Å². The summed E-state index contributed by atoms with van der Waals surface area (Å²) in [7, 11) is 0. The van der Waals surface area contributed by atoms with E-state index in [1.165, 1.54) is 22.8 Å². The number of carbonyl (C=O) groups excluding carboxylic acids is 1. The summed E-state index contributed by atoms with van der Waals surface area (Å²) in [5.74, 6) is 3.87. The maximum absolute atomic E-state index is 12.4. The molecule has 3 rings (SSSR count). The van der Waals surface area contributed by atoms with Crippen LogP contribution in [0.15, 0.2) is 30.3 Å². The lowest BCUT2D eigenvalue weighted by Crippen LogP contribution is -2.39. The molecule has 1 aliphatic heterocycles. The van der Waals surface area contributed by atoms with Gasteiger partial charge in [-0.1, -0.05) is 30.3 Å². The number of hydrogen-bond donors (Lipinski definition) is 1. The van der Waals surface area contributed by atoms with E-state index in [1.807, 2.05) is 41.7 Å². The first-order valence-electron chi connectivity index (χ1n) is 6.84. The fraction of sp³-hybridized carbons (Fsp3) is 0.533. The zero-order valence-electron chi connectivity index (χ0n) is 10.9. The van der Waals surface area contributed by atoms with Crippen molar-refractivity contribution in [3.63, 3.8) is 0 Å². The number of nitrogens with one attached hydrogen (secondary N) is 1. The highest BCUT2D eigenvalue weighted by Crippen LogP contribution is 2.48. The summed E-state index contributed by atoms with van der Waals surface area (Å²) in [5.41, 5.74) is 0.964. The van der Waals surface area contributed by atoms with Gasteiger partial charge in [-0.3, -0.25) is 4.79 Å². The van der Waals surface area contributed by atoms with E-state index in [0.717, 1.165) is 19.4 Å². The van der Waals surface area contributed by atoms with Gasteiger partial charge in [-0.05, 0) is 18.4 Å². The summed E-state index contributed by atoms with van der Waals surface area (Å²) < 4.78 is 0. The van der Waals surface area contributed by atoms with Crippen LogP contribution in [0.4, 0.5) is 0 Å². The van der Waals surface area contributed by atoms with E-state index in [0.29, 0.717) is 5.25 Å². The van der Waals surface area contributed by atoms with Crippen LogP contribution in [0.3, 0.4) is 0 Å². The summed E-state index contributed by atoms with van der Waals surface area (Å²) in [6, 6.07) is 10.2. The van der Waals surface area contributed by atoms with E-state index < -0.39 is 0 Å². The molecular weight excluding hydrogens is 274 g/mol. The van der Waals surface area contributed by atoms with Gasteiger partial charge in [0.05, 0.1) is 5.41 Å². The second-order valence-corrected chi connectivity index (χ2v) is 7.78. The first-order valence-corrected chi connectivity index (χ1v) is 9.05. The zero-order chi connectivity index (χ0) is 13.1. The molecule has 1 amide bonds. The molecule has 1 N–H and O–H groups in total. The van der Waals surface area contributed by atoms with Crippen molar-refractivity contribution in [2.45, 2.75) is 23.5 Å². The molecule has 0 unspecified atom stereocenters. The van der Waals surface area contributed by atoms with Crippen molar-refractivity contribution in [3.8, 4) is 0 Å². The number of carbonyl (C=O) groups is 1. The second kappa shape index (κ2) is 5.80. The normalized spacial score (nSPS) is 24.7. The van der Waals surface area contributed by atoms with Gasteiger partial charge in [0.1, 0.15) is 0 Å². The topological polar surface area (TPSA) is 29.1 Å². The number of rotatable bonds is 4. The molecule has 102 valence electrons. The van der Waals surface area contributed by atoms with Gasteiger partial charge in [0.25, 0.3) is 0 Å². The van der Waals surface area contributed by atoms with E-state index in [4.69, 9.17) is 0 Å². The minimum Gasteiger partial charge on any atom is -0.354 e. The van der Waals surface area contributed by atoms with Crippen LogP contribution in [-0.2, 0) is 10.2 Å². The van der Waals surface area contributed by atoms with E-state index in [1.54, 1.807) is 0 Å². The highest BCUT2D eigenvalue weighted by molar-refractivity contribution is 8.06. The van der Waals surface area contributed by atoms with Gasteiger partial charge in [-0.15, -0.1) is 0 Å². The summed E-state index contributed by atoms with van der Waals surface area (Å²) >= 11 is 4.00. The predicted octanol–water partition coefficient (Wildman–Crippen LogP) is 2.68. The van der Waals surface area contributed by atoms with Crippen molar-refractivity contribution in [3.05, 3.63) is 35.9 Å². The van der Waals surface area contributed by atoms with Gasteiger partial charge >= 0.3 is 0 Å². The zero-order valence-corrected chi connectivity index (χ0v) is 12.6. The Morgan fingerprint density at radius 3 is 2.68 bits per heavy atom. The molecule has 0 spiro atoms. The molecule has 0 radical (unpaired) electrons. The maximum Gasteiger partial charge on any atom is 0.230 e. The van der Waals surface area contributed by atoms with Gasteiger partial charge < -0.3 is 5.32 Å². The number of thioether (sulfide) groups is 2. The second-order valence-electron chi connectivity index (χ2n) is 5.23. The number of amides is 1. The molecule has 19 heavy (non-hydrogen) atoms. The highest BCUT2D eigenvalue weighted by atomic mass is 32.2. The molecular formula is C15H19NOS2. The lowest BCUT2D eigenvalue weighted by atomic mass is 9.95. The van der Waals surface area contributed by atoms with Crippen LogP contribution in [0.2, 0.25) is 0 Å². The average Bonchev–Trinajstić information content (AvgIpc) is 3.28. The predicted molar refractivity (Wildman–Crippen MR) is 83.9 cm³/mol. The Morgan fingerprint density at radius 1 is 1.26 bits per heavy atom. The van der Waals surface area contributed by atoms with E-state index in [2.05, 4.69) is 17.4 Å². The van der Waals surface area contributed by atoms with Gasteiger partial charge in [-0.2, -0.15) is 23.5 Å². The Morgan fingerprint density at radius 2 is 2.05 bits per heavy atom. The summed E-state index contributed by atoms with van der Waals surface area (Å²) in [6.45, 7) is 0.824. The summed E-state index contributed by atoms with van der Waals surface area (Å²) in [6.07, 6.45) is 1.99. The molecule has 1 atom stereocenters. The third-order valence-corrected chi connectivity index (χ3v) is 6.73. The van der Waals surface area contributed by atoms with Crippen LogP contribution in [0.1, 0.15) is 18.4 Å². The third-order valence-electron chi connectivity index (χ3n) is 3.89. The summed E-state index contributed by atoms with van der Waals surface area (Å²) in [4.78, 5) is 12.4. The van der Waals surface area contributed by atoms with E-state index >= 15 is 0 Å². The van der Waals surface area contributed by atoms with E-state index in [-0.39, 0.29) is 11.3 Å². The molecule has 1 saturated heterocycles. The van der Waals surface area contributed by atoms with Gasteiger partial charge in [0.2, 0.25) is 5.91 Å². The molecule has 2 aliphatic rings. The number of benzene rings is 1. The summed E-state index contributed by atoms with van der Waals surface area (Å²) in [5, 5.41) is 3.77. The van der Waals surface area contributed by atoms with Crippen LogP contribution < -0.4 is 5.32 Å². The first-order chi connectivity index (χ1) is 9.31. The van der Waals surface area contributed by atoms with Crippen LogP contribution in [0.5, 0.6) is 0 Å². The fourth-order valence-corrected chi connectivity index (χ4v) is 5.17.